The summed E-state index contributed by atoms with van der Waals surface area (Å²) in [5.74, 6) is 0.181. The molecule has 0 radical (unpaired) electrons. The van der Waals surface area contributed by atoms with Gasteiger partial charge in [0.1, 0.15) is 10.5 Å². The van der Waals surface area contributed by atoms with Gasteiger partial charge in [-0.25, -0.2) is 9.97 Å². The van der Waals surface area contributed by atoms with Crippen molar-refractivity contribution in [3.05, 3.63) is 30.5 Å². The standard InChI is InChI=1S/C12H8N6OS/c13-11-16-9-6(5-14-18-9)10(17-11)20-12-15-7-3-1-2-4-8(7)19-12/h1-5H,(H3,13,14,16,17,18). The Morgan fingerprint density at radius 3 is 2.95 bits per heavy atom. The first kappa shape index (κ1) is 11.2. The Labute approximate surface area is 116 Å². The number of oxazole rings is 1. The molecule has 0 atom stereocenters. The third-order valence-corrected chi connectivity index (χ3v) is 3.60. The Bertz CT molecular complexity index is 882. The number of anilines is 1. The highest BCUT2D eigenvalue weighted by atomic mass is 32.2. The van der Waals surface area contributed by atoms with Crippen LogP contribution in [0.5, 0.6) is 0 Å². The maximum Gasteiger partial charge on any atom is 0.263 e. The number of nitrogen functional groups attached to an aromatic ring is 1. The van der Waals surface area contributed by atoms with Crippen molar-refractivity contribution in [3.63, 3.8) is 0 Å². The summed E-state index contributed by atoms with van der Waals surface area (Å²) in [7, 11) is 0. The fraction of sp³-hybridized carbons (Fsp3) is 0. The molecule has 0 spiro atoms. The van der Waals surface area contributed by atoms with Crippen molar-refractivity contribution < 1.29 is 4.42 Å². The summed E-state index contributed by atoms with van der Waals surface area (Å²) in [6, 6.07) is 7.58. The minimum absolute atomic E-state index is 0.181. The fourth-order valence-corrected chi connectivity index (χ4v) is 2.72. The number of nitrogens with two attached hydrogens (primary N) is 1. The molecule has 3 aromatic heterocycles. The summed E-state index contributed by atoms with van der Waals surface area (Å²) in [4.78, 5) is 12.7. The second-order valence-electron chi connectivity index (χ2n) is 4.07. The third-order valence-electron chi connectivity index (χ3n) is 2.75. The van der Waals surface area contributed by atoms with Gasteiger partial charge in [-0.15, -0.1) is 0 Å². The monoisotopic (exact) mass is 284 g/mol. The lowest BCUT2D eigenvalue weighted by atomic mass is 10.3. The van der Waals surface area contributed by atoms with E-state index >= 15 is 0 Å². The van der Waals surface area contributed by atoms with Gasteiger partial charge in [0.2, 0.25) is 5.95 Å². The highest BCUT2D eigenvalue weighted by Gasteiger charge is 2.13. The smallest absolute Gasteiger partial charge is 0.263 e. The first-order valence-electron chi connectivity index (χ1n) is 5.79. The Balaban J connectivity index is 1.81. The average molecular weight is 284 g/mol. The van der Waals surface area contributed by atoms with Crippen LogP contribution in [-0.2, 0) is 0 Å². The number of aromatic nitrogens is 5. The second-order valence-corrected chi connectivity index (χ2v) is 5.01. The van der Waals surface area contributed by atoms with Crippen LogP contribution in [0, 0.1) is 0 Å². The van der Waals surface area contributed by atoms with E-state index in [1.807, 2.05) is 24.3 Å². The molecule has 0 bridgehead atoms. The Morgan fingerprint density at radius 2 is 2.05 bits per heavy atom. The van der Waals surface area contributed by atoms with Crippen LogP contribution in [0.25, 0.3) is 22.1 Å². The summed E-state index contributed by atoms with van der Waals surface area (Å²) in [5.41, 5.74) is 7.81. The van der Waals surface area contributed by atoms with Crippen molar-refractivity contribution >= 4 is 39.8 Å². The molecular formula is C12H8N6OS. The van der Waals surface area contributed by atoms with E-state index in [2.05, 4.69) is 25.1 Å². The summed E-state index contributed by atoms with van der Waals surface area (Å²) in [6.07, 6.45) is 1.65. The number of fused-ring (bicyclic) bond motifs is 2. The fourth-order valence-electron chi connectivity index (χ4n) is 1.88. The van der Waals surface area contributed by atoms with Crippen molar-refractivity contribution in [1.29, 1.82) is 0 Å². The van der Waals surface area contributed by atoms with Crippen LogP contribution in [0.2, 0.25) is 0 Å². The van der Waals surface area contributed by atoms with Crippen LogP contribution in [0.3, 0.4) is 0 Å². The van der Waals surface area contributed by atoms with Gasteiger partial charge in [0, 0.05) is 0 Å². The maximum absolute atomic E-state index is 5.68. The molecule has 4 rings (SSSR count). The minimum Gasteiger partial charge on any atom is -0.431 e. The molecule has 0 aliphatic rings. The van der Waals surface area contributed by atoms with E-state index in [4.69, 9.17) is 10.2 Å². The number of H-pyrrole nitrogens is 1. The van der Waals surface area contributed by atoms with Gasteiger partial charge in [-0.1, -0.05) is 12.1 Å². The Morgan fingerprint density at radius 1 is 1.15 bits per heavy atom. The first-order valence-corrected chi connectivity index (χ1v) is 6.61. The van der Waals surface area contributed by atoms with Crippen LogP contribution < -0.4 is 5.73 Å². The molecule has 0 amide bonds. The molecule has 4 aromatic rings. The van der Waals surface area contributed by atoms with Crippen LogP contribution >= 0.6 is 11.8 Å². The second kappa shape index (κ2) is 4.20. The molecule has 20 heavy (non-hydrogen) atoms. The van der Waals surface area contributed by atoms with Gasteiger partial charge in [0.05, 0.1) is 11.6 Å². The Hall–Kier alpha value is -2.61. The number of para-hydroxylation sites is 2. The third kappa shape index (κ3) is 1.77. The van der Waals surface area contributed by atoms with Gasteiger partial charge < -0.3 is 10.2 Å². The topological polar surface area (TPSA) is 107 Å². The van der Waals surface area contributed by atoms with E-state index in [1.165, 1.54) is 11.8 Å². The number of hydrogen-bond acceptors (Lipinski definition) is 7. The van der Waals surface area contributed by atoms with Crippen molar-refractivity contribution in [1.82, 2.24) is 25.1 Å². The number of nitrogens with one attached hydrogen (secondary N) is 1. The van der Waals surface area contributed by atoms with Gasteiger partial charge >= 0.3 is 0 Å². The van der Waals surface area contributed by atoms with Gasteiger partial charge in [0.15, 0.2) is 11.2 Å². The van der Waals surface area contributed by atoms with E-state index < -0.39 is 0 Å². The summed E-state index contributed by atoms with van der Waals surface area (Å²) in [6.45, 7) is 0. The molecule has 3 N–H and O–H groups in total. The molecule has 0 fully saturated rings. The van der Waals surface area contributed by atoms with Gasteiger partial charge in [-0.05, 0) is 23.9 Å². The van der Waals surface area contributed by atoms with Gasteiger partial charge in [-0.3, -0.25) is 5.10 Å². The van der Waals surface area contributed by atoms with Crippen molar-refractivity contribution in [3.8, 4) is 0 Å². The van der Waals surface area contributed by atoms with Crippen LogP contribution in [0.4, 0.5) is 5.95 Å². The molecule has 0 aliphatic carbocycles. The molecule has 0 aliphatic heterocycles. The zero-order valence-corrected chi connectivity index (χ0v) is 10.9. The Kier molecular flexibility index (Phi) is 2.36. The quantitative estimate of drug-likeness (QED) is 0.543. The molecule has 0 saturated heterocycles. The molecule has 8 heteroatoms. The molecule has 7 nitrogen and oxygen atoms in total. The first-order chi connectivity index (χ1) is 9.79. The van der Waals surface area contributed by atoms with Crippen LogP contribution in [0.1, 0.15) is 0 Å². The normalized spacial score (nSPS) is 11.4. The number of rotatable bonds is 2. The average Bonchev–Trinajstić information content (AvgIpc) is 3.03. The largest absolute Gasteiger partial charge is 0.431 e. The van der Waals surface area contributed by atoms with E-state index in [0.29, 0.717) is 15.9 Å². The van der Waals surface area contributed by atoms with E-state index in [1.54, 1.807) is 6.20 Å². The summed E-state index contributed by atoms with van der Waals surface area (Å²) in [5, 5.41) is 8.66. The van der Waals surface area contributed by atoms with Crippen molar-refractivity contribution in [2.75, 3.05) is 5.73 Å². The minimum atomic E-state index is 0.181. The number of hydrogen-bond donors (Lipinski definition) is 2. The predicted molar refractivity (Wildman–Crippen MR) is 74.2 cm³/mol. The molecule has 0 unspecified atom stereocenters. The van der Waals surface area contributed by atoms with Gasteiger partial charge in [0.25, 0.3) is 5.22 Å². The molecule has 0 saturated carbocycles. The highest BCUT2D eigenvalue weighted by Crippen LogP contribution is 2.32. The number of aromatic amines is 1. The van der Waals surface area contributed by atoms with Crippen LogP contribution in [0.15, 0.2) is 45.1 Å². The SMILES string of the molecule is Nc1nc(Sc2nc3ccccc3o2)c2cn[nH]c2n1. The molecule has 98 valence electrons. The summed E-state index contributed by atoms with van der Waals surface area (Å²) < 4.78 is 5.66. The highest BCUT2D eigenvalue weighted by molar-refractivity contribution is 7.99. The summed E-state index contributed by atoms with van der Waals surface area (Å²) >= 11 is 1.29. The lowest BCUT2D eigenvalue weighted by Crippen LogP contribution is -1.96. The lowest BCUT2D eigenvalue weighted by Gasteiger charge is -1.99. The van der Waals surface area contributed by atoms with Crippen molar-refractivity contribution in [2.24, 2.45) is 0 Å². The van der Waals surface area contributed by atoms with Crippen LogP contribution in [-0.4, -0.2) is 25.1 Å². The van der Waals surface area contributed by atoms with Crippen molar-refractivity contribution in [2.45, 2.75) is 10.2 Å². The number of nitrogens with zero attached hydrogens (tertiary/aromatic N) is 4. The van der Waals surface area contributed by atoms with E-state index in [-0.39, 0.29) is 5.95 Å². The molecule has 3 heterocycles. The number of benzene rings is 1. The van der Waals surface area contributed by atoms with Gasteiger partial charge in [-0.2, -0.15) is 10.1 Å². The zero-order chi connectivity index (χ0) is 13.5. The molecular weight excluding hydrogens is 276 g/mol. The lowest BCUT2D eigenvalue weighted by molar-refractivity contribution is 0.489. The van der Waals surface area contributed by atoms with E-state index in [0.717, 1.165) is 16.5 Å². The predicted octanol–water partition coefficient (Wildman–Crippen LogP) is 2.23. The van der Waals surface area contributed by atoms with E-state index in [9.17, 15) is 0 Å². The zero-order valence-electron chi connectivity index (χ0n) is 10.1. The maximum atomic E-state index is 5.68. The molecule has 1 aromatic carbocycles.